The monoisotopic (exact) mass is 753 g/mol. The molecule has 1 heterocycles. The smallest absolute Gasteiger partial charge is 0.280 e. The second kappa shape index (κ2) is 19.7. The molecule has 15 nitrogen and oxygen atoms in total. The summed E-state index contributed by atoms with van der Waals surface area (Å²) in [7, 11) is 0. The van der Waals surface area contributed by atoms with Gasteiger partial charge in [0.05, 0.1) is 0 Å². The Labute approximate surface area is 321 Å². The Morgan fingerprint density at radius 1 is 0.589 bits per heavy atom. The number of fused-ring (bicyclic) bond motifs is 2. The van der Waals surface area contributed by atoms with E-state index in [1.807, 2.05) is 49.4 Å². The molecule has 15 heteroatoms. The number of para-hydroxylation sites is 1. The molecule has 0 bridgehead atoms. The minimum atomic E-state index is -0.556. The van der Waals surface area contributed by atoms with Crippen molar-refractivity contribution in [3.63, 3.8) is 0 Å². The zero-order chi connectivity index (χ0) is 40.6. The Morgan fingerprint density at radius 3 is 1.89 bits per heavy atom. The van der Waals surface area contributed by atoms with Crippen LogP contribution in [0.25, 0.3) is 22.9 Å². The first-order valence-electron chi connectivity index (χ1n) is 16.7. The van der Waals surface area contributed by atoms with E-state index in [0.29, 0.717) is 33.8 Å². The number of aliphatic imine (C=N–C) groups is 3. The highest BCUT2D eigenvalue weighted by molar-refractivity contribution is 6.09. The first kappa shape index (κ1) is 40.7. The molecule has 1 aliphatic rings. The Balaban J connectivity index is 0.000000189. The standard InChI is InChI=1S/C17H15N3O2.C13H13N3O.C11H11N3O3/c18-17(19)20-15(21)10-9-12-5-4-8-14(11-12)16(22)13-6-2-1-3-7-13;1-8-3-2-4-9-7-10(5-6-11(8)9)12(17)16-13(14)15;12-11(13)14-9(15)5-4-7-2-1-3-8-10(7)17-6-16-8/h1-11H,(H4,18,19,20,21);2-7H,1H3,(H4,14,15,16,17);1-5H,6H2,(H4,12,13,14,15)/b10-9+;;5-4+. The zero-order valence-electron chi connectivity index (χ0n) is 30.2. The van der Waals surface area contributed by atoms with Crippen molar-refractivity contribution in [2.75, 3.05) is 6.79 Å². The lowest BCUT2D eigenvalue weighted by Gasteiger charge is -2.03. The van der Waals surface area contributed by atoms with Gasteiger partial charge in [-0.3, -0.25) is 19.2 Å². The quantitative estimate of drug-likeness (QED) is 0.0603. The van der Waals surface area contributed by atoms with Crippen LogP contribution in [0.3, 0.4) is 0 Å². The van der Waals surface area contributed by atoms with Gasteiger partial charge in [-0.2, -0.15) is 15.0 Å². The van der Waals surface area contributed by atoms with Crippen LogP contribution in [0, 0.1) is 6.92 Å². The number of benzene rings is 5. The van der Waals surface area contributed by atoms with Gasteiger partial charge in [0.2, 0.25) is 6.79 Å². The maximum absolute atomic E-state index is 12.3. The van der Waals surface area contributed by atoms with Gasteiger partial charge in [0.25, 0.3) is 17.7 Å². The summed E-state index contributed by atoms with van der Waals surface area (Å²) in [5.74, 6) is -1.09. The fraction of sp³-hybridized carbons (Fsp3) is 0.0488. The lowest BCUT2D eigenvalue weighted by Crippen LogP contribution is -2.24. The Bertz CT molecular complexity index is 2390. The number of ketones is 1. The molecule has 0 fully saturated rings. The predicted molar refractivity (Wildman–Crippen MR) is 217 cm³/mol. The number of carbonyl (C=O) groups is 4. The van der Waals surface area contributed by atoms with Crippen LogP contribution < -0.4 is 43.9 Å². The maximum Gasteiger partial charge on any atom is 0.280 e. The summed E-state index contributed by atoms with van der Waals surface area (Å²) in [6, 6.07) is 32.7. The molecule has 56 heavy (non-hydrogen) atoms. The van der Waals surface area contributed by atoms with Gasteiger partial charge in [-0.15, -0.1) is 0 Å². The summed E-state index contributed by atoms with van der Waals surface area (Å²) < 4.78 is 10.5. The molecule has 0 unspecified atom stereocenters. The van der Waals surface area contributed by atoms with Gasteiger partial charge < -0.3 is 43.9 Å². The number of ether oxygens (including phenoxy) is 2. The summed E-state index contributed by atoms with van der Waals surface area (Å²) in [5, 5.41) is 2.12. The fourth-order valence-electron chi connectivity index (χ4n) is 5.04. The molecule has 12 N–H and O–H groups in total. The normalized spacial score (nSPS) is 11.0. The molecule has 1 aliphatic heterocycles. The number of hydrogen-bond donors (Lipinski definition) is 6. The number of amides is 3. The van der Waals surface area contributed by atoms with E-state index in [1.54, 1.807) is 78.9 Å². The molecule has 5 aromatic carbocycles. The molecular weight excluding hydrogens is 715 g/mol. The van der Waals surface area contributed by atoms with Gasteiger partial charge in [0.1, 0.15) is 0 Å². The summed E-state index contributed by atoms with van der Waals surface area (Å²) in [6.07, 6.45) is 5.63. The molecule has 0 aromatic heterocycles. The minimum Gasteiger partial charge on any atom is -0.454 e. The van der Waals surface area contributed by atoms with Gasteiger partial charge >= 0.3 is 0 Å². The number of guanidine groups is 3. The third-order valence-corrected chi connectivity index (χ3v) is 7.49. The van der Waals surface area contributed by atoms with Crippen molar-refractivity contribution in [1.29, 1.82) is 0 Å². The topological polar surface area (TPSA) is 280 Å². The number of nitrogens with two attached hydrogens (primary N) is 6. The van der Waals surface area contributed by atoms with Gasteiger partial charge in [-0.1, -0.05) is 84.9 Å². The van der Waals surface area contributed by atoms with Gasteiger partial charge in [-0.05, 0) is 65.2 Å². The van der Waals surface area contributed by atoms with E-state index >= 15 is 0 Å². The lowest BCUT2D eigenvalue weighted by molar-refractivity contribution is -0.114. The van der Waals surface area contributed by atoms with E-state index in [4.69, 9.17) is 43.9 Å². The van der Waals surface area contributed by atoms with Crippen molar-refractivity contribution in [3.8, 4) is 11.5 Å². The van der Waals surface area contributed by atoms with Gasteiger partial charge in [0, 0.05) is 34.4 Å². The Morgan fingerprint density at radius 2 is 1.21 bits per heavy atom. The molecule has 3 amide bonds. The number of nitrogens with zero attached hydrogens (tertiary/aromatic N) is 3. The SMILES string of the molecule is Cc1cccc2cc(C(=O)N=C(N)N)ccc12.NC(N)=NC(=O)/C=C/c1cccc(C(=O)c2ccccc2)c1.NC(N)=NC(=O)/C=C/c1cccc2c1OCO2. The highest BCUT2D eigenvalue weighted by Crippen LogP contribution is 2.35. The van der Waals surface area contributed by atoms with Crippen LogP contribution in [0.2, 0.25) is 0 Å². The fourth-order valence-corrected chi connectivity index (χ4v) is 5.04. The van der Waals surface area contributed by atoms with Crippen molar-refractivity contribution in [3.05, 3.63) is 155 Å². The van der Waals surface area contributed by atoms with Crippen molar-refractivity contribution < 1.29 is 28.7 Å². The van der Waals surface area contributed by atoms with Crippen molar-refractivity contribution in [2.45, 2.75) is 6.92 Å². The average Bonchev–Trinajstić information content (AvgIpc) is 3.66. The highest BCUT2D eigenvalue weighted by Gasteiger charge is 2.15. The molecule has 0 saturated carbocycles. The van der Waals surface area contributed by atoms with Gasteiger partial charge in [-0.25, -0.2) is 0 Å². The van der Waals surface area contributed by atoms with E-state index in [2.05, 4.69) is 15.0 Å². The van der Waals surface area contributed by atoms with E-state index in [9.17, 15) is 19.2 Å². The molecule has 0 radical (unpaired) electrons. The molecule has 0 aliphatic carbocycles. The summed E-state index contributed by atoms with van der Waals surface area (Å²) in [6.45, 7) is 2.21. The van der Waals surface area contributed by atoms with Crippen molar-refractivity contribution >= 4 is 64.3 Å². The Hall–Kier alpha value is -8.07. The minimum absolute atomic E-state index is 0.0774. The molecule has 0 spiro atoms. The van der Waals surface area contributed by atoms with Gasteiger partial charge in [0.15, 0.2) is 35.2 Å². The third kappa shape index (κ3) is 12.3. The number of carbonyl (C=O) groups excluding carboxylic acids is 4. The first-order valence-corrected chi connectivity index (χ1v) is 16.7. The summed E-state index contributed by atoms with van der Waals surface area (Å²) >= 11 is 0. The van der Waals surface area contributed by atoms with Crippen LogP contribution in [0.5, 0.6) is 11.5 Å². The molecule has 6 rings (SSSR count). The molecule has 284 valence electrons. The van der Waals surface area contributed by atoms with Crippen LogP contribution in [-0.2, 0) is 9.59 Å². The van der Waals surface area contributed by atoms with E-state index in [1.165, 1.54) is 17.7 Å². The summed E-state index contributed by atoms with van der Waals surface area (Å²) in [5.41, 5.74) is 35.0. The number of hydrogen-bond acceptors (Lipinski definition) is 6. The second-order valence-electron chi connectivity index (χ2n) is 11.7. The lowest BCUT2D eigenvalue weighted by atomic mass is 10.0. The van der Waals surface area contributed by atoms with E-state index in [-0.39, 0.29) is 30.5 Å². The maximum atomic E-state index is 12.3. The second-order valence-corrected chi connectivity index (χ2v) is 11.7. The van der Waals surface area contributed by atoms with E-state index < -0.39 is 17.7 Å². The number of rotatable bonds is 7. The predicted octanol–water partition coefficient (Wildman–Crippen LogP) is 3.52. The molecule has 0 atom stereocenters. The van der Waals surface area contributed by atoms with Crippen LogP contribution in [0.1, 0.15) is 43.0 Å². The Kier molecular flexibility index (Phi) is 14.3. The van der Waals surface area contributed by atoms with Crippen molar-refractivity contribution in [2.24, 2.45) is 49.4 Å². The molecule has 0 saturated heterocycles. The molecule has 5 aromatic rings. The van der Waals surface area contributed by atoms with E-state index in [0.717, 1.165) is 16.3 Å². The summed E-state index contributed by atoms with van der Waals surface area (Å²) in [4.78, 5) is 56.8. The zero-order valence-corrected chi connectivity index (χ0v) is 30.2. The third-order valence-electron chi connectivity index (χ3n) is 7.49. The van der Waals surface area contributed by atoms with Crippen LogP contribution >= 0.6 is 0 Å². The van der Waals surface area contributed by atoms with Crippen LogP contribution in [0.15, 0.2) is 136 Å². The largest absolute Gasteiger partial charge is 0.454 e. The highest BCUT2D eigenvalue weighted by atomic mass is 16.7. The van der Waals surface area contributed by atoms with Crippen LogP contribution in [0.4, 0.5) is 0 Å². The number of aryl methyl sites for hydroxylation is 1. The average molecular weight is 754 g/mol. The first-order chi connectivity index (χ1) is 26.8. The van der Waals surface area contributed by atoms with Crippen molar-refractivity contribution in [1.82, 2.24) is 0 Å². The molecular formula is C41H39N9O6. The van der Waals surface area contributed by atoms with Crippen LogP contribution in [-0.4, -0.2) is 48.2 Å².